The van der Waals surface area contributed by atoms with Gasteiger partial charge in [-0.1, -0.05) is 6.07 Å². The Morgan fingerprint density at radius 1 is 1.20 bits per heavy atom. The van der Waals surface area contributed by atoms with Crippen LogP contribution in [0.4, 0.5) is 0 Å². The average Bonchev–Trinajstić information content (AvgIpc) is 2.73. The van der Waals surface area contributed by atoms with Gasteiger partial charge in [-0.25, -0.2) is 0 Å². The first-order valence-electron chi connectivity index (χ1n) is 5.61. The Hall–Kier alpha value is -1.18. The second-order valence-electron chi connectivity index (χ2n) is 4.16. The van der Waals surface area contributed by atoms with Crippen molar-refractivity contribution >= 4 is 0 Å². The molecule has 0 N–H and O–H groups in total. The topological polar surface area (TPSA) is 18.5 Å². The summed E-state index contributed by atoms with van der Waals surface area (Å²) in [6.07, 6.45) is 5.39. The Labute approximate surface area is 91.2 Å². The minimum absolute atomic E-state index is 0.414. The summed E-state index contributed by atoms with van der Waals surface area (Å²) >= 11 is 0. The predicted octanol–water partition coefficient (Wildman–Crippen LogP) is 3.33. The van der Waals surface area contributed by atoms with Gasteiger partial charge in [0.25, 0.3) is 0 Å². The minimum atomic E-state index is 0.414. The average molecular weight is 206 g/mol. The van der Waals surface area contributed by atoms with Gasteiger partial charge in [0.2, 0.25) is 0 Å². The molecule has 0 heterocycles. The van der Waals surface area contributed by atoms with Gasteiger partial charge >= 0.3 is 0 Å². The summed E-state index contributed by atoms with van der Waals surface area (Å²) in [6.45, 7) is 2.04. The Morgan fingerprint density at radius 2 is 1.93 bits per heavy atom. The van der Waals surface area contributed by atoms with E-state index in [9.17, 15) is 0 Å². The minimum Gasteiger partial charge on any atom is -0.496 e. The van der Waals surface area contributed by atoms with Crippen molar-refractivity contribution in [2.45, 2.75) is 38.7 Å². The molecule has 0 amide bonds. The molecule has 0 bridgehead atoms. The molecular formula is C13H18O2. The molecule has 0 atom stereocenters. The molecule has 1 aliphatic rings. The van der Waals surface area contributed by atoms with E-state index in [2.05, 4.69) is 0 Å². The molecule has 2 nitrogen and oxygen atoms in total. The van der Waals surface area contributed by atoms with Crippen LogP contribution in [-0.4, -0.2) is 13.2 Å². The molecule has 0 saturated heterocycles. The van der Waals surface area contributed by atoms with Crippen LogP contribution in [0.15, 0.2) is 18.2 Å². The summed E-state index contributed by atoms with van der Waals surface area (Å²) in [5.74, 6) is 1.84. The molecule has 1 aliphatic carbocycles. The third kappa shape index (κ3) is 2.44. The van der Waals surface area contributed by atoms with Crippen molar-refractivity contribution in [2.24, 2.45) is 0 Å². The van der Waals surface area contributed by atoms with Crippen molar-refractivity contribution in [3.05, 3.63) is 23.8 Å². The van der Waals surface area contributed by atoms with Crippen LogP contribution in [0.1, 0.15) is 31.2 Å². The zero-order valence-corrected chi connectivity index (χ0v) is 9.45. The van der Waals surface area contributed by atoms with Crippen LogP contribution >= 0.6 is 0 Å². The molecule has 15 heavy (non-hydrogen) atoms. The van der Waals surface area contributed by atoms with E-state index in [0.717, 1.165) is 17.1 Å². The van der Waals surface area contributed by atoms with E-state index in [1.807, 2.05) is 25.1 Å². The van der Waals surface area contributed by atoms with E-state index in [4.69, 9.17) is 9.47 Å². The Balaban J connectivity index is 2.07. The molecule has 82 valence electrons. The molecule has 1 saturated carbocycles. The lowest BCUT2D eigenvalue weighted by molar-refractivity contribution is 0.209. The maximum absolute atomic E-state index is 5.89. The van der Waals surface area contributed by atoms with Crippen LogP contribution in [0.2, 0.25) is 0 Å². The fraction of sp³-hybridized carbons (Fsp3) is 0.538. The molecule has 0 unspecified atom stereocenters. The third-order valence-electron chi connectivity index (χ3n) is 2.98. The maximum atomic E-state index is 5.89. The first-order valence-corrected chi connectivity index (χ1v) is 5.61. The zero-order valence-electron chi connectivity index (χ0n) is 9.45. The first-order chi connectivity index (χ1) is 7.29. The lowest BCUT2D eigenvalue weighted by Gasteiger charge is -2.14. The number of hydrogen-bond donors (Lipinski definition) is 0. The van der Waals surface area contributed by atoms with Gasteiger partial charge in [-0.2, -0.15) is 0 Å². The molecule has 1 fully saturated rings. The molecule has 0 radical (unpaired) electrons. The van der Waals surface area contributed by atoms with Gasteiger partial charge in [0, 0.05) is 6.07 Å². The Morgan fingerprint density at radius 3 is 2.60 bits per heavy atom. The van der Waals surface area contributed by atoms with Crippen molar-refractivity contribution in [1.29, 1.82) is 0 Å². The summed E-state index contributed by atoms with van der Waals surface area (Å²) in [4.78, 5) is 0. The van der Waals surface area contributed by atoms with Crippen molar-refractivity contribution in [3.63, 3.8) is 0 Å². The van der Waals surface area contributed by atoms with Gasteiger partial charge in [0.1, 0.15) is 11.5 Å². The standard InChI is InChI=1S/C13H18O2/c1-10-7-8-12(9-13(10)14-2)15-11-5-3-4-6-11/h7-9,11H,3-6H2,1-2H3. The summed E-state index contributed by atoms with van der Waals surface area (Å²) in [6, 6.07) is 6.05. The summed E-state index contributed by atoms with van der Waals surface area (Å²) in [5.41, 5.74) is 1.15. The maximum Gasteiger partial charge on any atom is 0.125 e. The molecule has 1 aromatic carbocycles. The van der Waals surface area contributed by atoms with Crippen LogP contribution < -0.4 is 9.47 Å². The van der Waals surface area contributed by atoms with Gasteiger partial charge in [-0.3, -0.25) is 0 Å². The number of rotatable bonds is 3. The van der Waals surface area contributed by atoms with Crippen molar-refractivity contribution in [2.75, 3.05) is 7.11 Å². The van der Waals surface area contributed by atoms with E-state index in [0.29, 0.717) is 6.10 Å². The fourth-order valence-electron chi connectivity index (χ4n) is 2.07. The third-order valence-corrected chi connectivity index (χ3v) is 2.98. The summed E-state index contributed by atoms with van der Waals surface area (Å²) in [5, 5.41) is 0. The molecule has 0 spiro atoms. The highest BCUT2D eigenvalue weighted by Gasteiger charge is 2.16. The van der Waals surface area contributed by atoms with E-state index >= 15 is 0 Å². The zero-order chi connectivity index (χ0) is 10.7. The van der Waals surface area contributed by atoms with Crippen LogP contribution in [0, 0.1) is 6.92 Å². The van der Waals surface area contributed by atoms with E-state index < -0.39 is 0 Å². The Kier molecular flexibility index (Phi) is 3.14. The lowest BCUT2D eigenvalue weighted by atomic mass is 10.2. The van der Waals surface area contributed by atoms with Crippen LogP contribution in [0.5, 0.6) is 11.5 Å². The van der Waals surface area contributed by atoms with Crippen LogP contribution in [-0.2, 0) is 0 Å². The SMILES string of the molecule is COc1cc(OC2CCCC2)ccc1C. The highest BCUT2D eigenvalue weighted by atomic mass is 16.5. The van der Waals surface area contributed by atoms with Gasteiger partial charge in [-0.15, -0.1) is 0 Å². The Bertz CT molecular complexity index is 327. The highest BCUT2D eigenvalue weighted by Crippen LogP contribution is 2.28. The summed E-state index contributed by atoms with van der Waals surface area (Å²) < 4.78 is 11.2. The van der Waals surface area contributed by atoms with E-state index in [1.54, 1.807) is 7.11 Å². The second-order valence-corrected chi connectivity index (χ2v) is 4.16. The van der Waals surface area contributed by atoms with Gasteiger partial charge in [-0.05, 0) is 44.2 Å². The number of hydrogen-bond acceptors (Lipinski definition) is 2. The molecule has 0 aliphatic heterocycles. The van der Waals surface area contributed by atoms with E-state index in [1.165, 1.54) is 25.7 Å². The molecule has 2 heteroatoms. The van der Waals surface area contributed by atoms with Gasteiger partial charge < -0.3 is 9.47 Å². The number of aryl methyl sites for hydroxylation is 1. The molecule has 0 aromatic heterocycles. The highest BCUT2D eigenvalue weighted by molar-refractivity contribution is 5.39. The van der Waals surface area contributed by atoms with Crippen molar-refractivity contribution in [3.8, 4) is 11.5 Å². The van der Waals surface area contributed by atoms with E-state index in [-0.39, 0.29) is 0 Å². The van der Waals surface area contributed by atoms with Gasteiger partial charge in [0.15, 0.2) is 0 Å². The van der Waals surface area contributed by atoms with Crippen LogP contribution in [0.25, 0.3) is 0 Å². The van der Waals surface area contributed by atoms with Gasteiger partial charge in [0.05, 0.1) is 13.2 Å². The second kappa shape index (κ2) is 4.56. The molecule has 1 aromatic rings. The monoisotopic (exact) mass is 206 g/mol. The quantitative estimate of drug-likeness (QED) is 0.755. The normalized spacial score (nSPS) is 16.7. The van der Waals surface area contributed by atoms with Crippen molar-refractivity contribution < 1.29 is 9.47 Å². The molecule has 2 rings (SSSR count). The largest absolute Gasteiger partial charge is 0.496 e. The predicted molar refractivity (Wildman–Crippen MR) is 60.6 cm³/mol. The van der Waals surface area contributed by atoms with Crippen molar-refractivity contribution in [1.82, 2.24) is 0 Å². The number of methoxy groups -OCH3 is 1. The lowest BCUT2D eigenvalue weighted by Crippen LogP contribution is -2.10. The smallest absolute Gasteiger partial charge is 0.125 e. The van der Waals surface area contributed by atoms with Crippen LogP contribution in [0.3, 0.4) is 0 Å². The molecular weight excluding hydrogens is 188 g/mol. The number of benzene rings is 1. The summed E-state index contributed by atoms with van der Waals surface area (Å²) in [7, 11) is 1.70. The number of ether oxygens (including phenoxy) is 2. The fourth-order valence-corrected chi connectivity index (χ4v) is 2.07. The first kappa shape index (κ1) is 10.3.